The number of likely N-dealkylation sites (N-methyl/N-ethyl adjacent to an activating group) is 1. The van der Waals surface area contributed by atoms with Gasteiger partial charge in [0.1, 0.15) is 6.61 Å². The summed E-state index contributed by atoms with van der Waals surface area (Å²) in [5.74, 6) is -0.193. The van der Waals surface area contributed by atoms with Gasteiger partial charge in [0, 0.05) is 20.1 Å². The van der Waals surface area contributed by atoms with E-state index < -0.39 is 12.1 Å². The molecule has 2 fully saturated rings. The van der Waals surface area contributed by atoms with Crippen molar-refractivity contribution in [1.82, 2.24) is 9.80 Å². The van der Waals surface area contributed by atoms with Crippen molar-refractivity contribution in [3.63, 3.8) is 0 Å². The largest absolute Gasteiger partial charge is 0.372 e. The van der Waals surface area contributed by atoms with Crippen molar-refractivity contribution in [3.8, 4) is 0 Å². The summed E-state index contributed by atoms with van der Waals surface area (Å²) in [5, 5.41) is 0. The predicted octanol–water partition coefficient (Wildman–Crippen LogP) is 1.22. The summed E-state index contributed by atoms with van der Waals surface area (Å²) in [4.78, 5) is 28.6. The quantitative estimate of drug-likeness (QED) is 0.817. The lowest BCUT2D eigenvalue weighted by Gasteiger charge is -2.42. The second-order valence-electron chi connectivity index (χ2n) is 6.59. The number of hydrogen-bond acceptors (Lipinski definition) is 4. The first-order chi connectivity index (χ1) is 11.5. The predicted molar refractivity (Wildman–Crippen MR) is 88.3 cm³/mol. The zero-order chi connectivity index (χ0) is 17.3. The minimum Gasteiger partial charge on any atom is -0.372 e. The molecule has 0 aliphatic carbocycles. The number of carbonyl (C=O) groups is 2. The van der Waals surface area contributed by atoms with Crippen LogP contribution in [0.1, 0.15) is 25.5 Å². The second-order valence-corrected chi connectivity index (χ2v) is 6.59. The van der Waals surface area contributed by atoms with Gasteiger partial charge in [0.2, 0.25) is 5.91 Å². The molecule has 0 bridgehead atoms. The van der Waals surface area contributed by atoms with Crippen molar-refractivity contribution in [2.75, 3.05) is 26.7 Å². The molecule has 130 valence electrons. The zero-order valence-electron chi connectivity index (χ0n) is 14.3. The Kier molecular flexibility index (Phi) is 4.87. The highest BCUT2D eigenvalue weighted by atomic mass is 16.5. The highest BCUT2D eigenvalue weighted by molar-refractivity contribution is 5.86. The molecule has 0 saturated carbocycles. The third kappa shape index (κ3) is 3.30. The molecule has 2 heterocycles. The summed E-state index contributed by atoms with van der Waals surface area (Å²) in [6, 6.07) is 9.16. The number of carbonyl (C=O) groups excluding carboxylic acids is 2. The zero-order valence-corrected chi connectivity index (χ0v) is 14.3. The van der Waals surface area contributed by atoms with Gasteiger partial charge in [0.05, 0.1) is 18.2 Å². The molecule has 0 N–H and O–H groups in total. The van der Waals surface area contributed by atoms with Gasteiger partial charge in [-0.1, -0.05) is 30.3 Å². The van der Waals surface area contributed by atoms with Crippen LogP contribution >= 0.6 is 0 Å². The fourth-order valence-corrected chi connectivity index (χ4v) is 3.50. The van der Waals surface area contributed by atoms with E-state index >= 15 is 0 Å². The first-order valence-corrected chi connectivity index (χ1v) is 8.34. The van der Waals surface area contributed by atoms with Crippen LogP contribution in [0.5, 0.6) is 0 Å². The third-order valence-corrected chi connectivity index (χ3v) is 4.60. The van der Waals surface area contributed by atoms with Crippen LogP contribution in [0.15, 0.2) is 30.3 Å². The van der Waals surface area contributed by atoms with Gasteiger partial charge >= 0.3 is 0 Å². The Morgan fingerprint density at radius 2 is 1.75 bits per heavy atom. The maximum Gasteiger partial charge on any atom is 0.254 e. The summed E-state index contributed by atoms with van der Waals surface area (Å²) in [6.45, 7) is 4.94. The van der Waals surface area contributed by atoms with Crippen molar-refractivity contribution >= 4 is 11.8 Å². The van der Waals surface area contributed by atoms with Crippen molar-refractivity contribution < 1.29 is 19.1 Å². The molecule has 1 aromatic carbocycles. The van der Waals surface area contributed by atoms with Gasteiger partial charge in [-0.2, -0.15) is 0 Å². The Morgan fingerprint density at radius 1 is 1.12 bits per heavy atom. The molecule has 6 heteroatoms. The molecule has 24 heavy (non-hydrogen) atoms. The number of morpholine rings is 2. The highest BCUT2D eigenvalue weighted by Crippen LogP contribution is 2.30. The van der Waals surface area contributed by atoms with Crippen LogP contribution in [-0.4, -0.2) is 66.7 Å². The number of benzene rings is 1. The van der Waals surface area contributed by atoms with E-state index in [1.54, 1.807) is 16.8 Å². The van der Waals surface area contributed by atoms with Gasteiger partial charge < -0.3 is 19.3 Å². The molecular formula is C18H24N2O4. The van der Waals surface area contributed by atoms with E-state index in [2.05, 4.69) is 0 Å². The molecule has 1 aromatic rings. The van der Waals surface area contributed by atoms with E-state index in [4.69, 9.17) is 9.47 Å². The average molecular weight is 332 g/mol. The molecular weight excluding hydrogens is 308 g/mol. The highest BCUT2D eigenvalue weighted by Gasteiger charge is 2.42. The Bertz CT molecular complexity index is 596. The second kappa shape index (κ2) is 6.91. The normalized spacial score (nSPS) is 31.2. The van der Waals surface area contributed by atoms with E-state index in [1.165, 1.54) is 0 Å². The Balaban J connectivity index is 1.86. The van der Waals surface area contributed by atoms with Crippen LogP contribution in [0.2, 0.25) is 0 Å². The lowest BCUT2D eigenvalue weighted by molar-refractivity contribution is -0.173. The molecule has 0 aromatic heterocycles. The van der Waals surface area contributed by atoms with Crippen LogP contribution in [0.25, 0.3) is 0 Å². The lowest BCUT2D eigenvalue weighted by atomic mass is 9.97. The van der Waals surface area contributed by atoms with Crippen molar-refractivity contribution in [2.45, 2.75) is 38.2 Å². The standard InChI is InChI=1S/C18H24N2O4/c1-12-9-20(10-13(2)24-12)18(22)17-16(14-7-5-4-6-8-14)19(3)15(21)11-23-17/h4-8,12-13,16-17H,9-11H2,1-3H3/t12-,13-,16-,17-/m1/s1. The van der Waals surface area contributed by atoms with Crippen molar-refractivity contribution in [3.05, 3.63) is 35.9 Å². The molecule has 2 aliphatic heterocycles. The number of ether oxygens (including phenoxy) is 2. The maximum absolute atomic E-state index is 13.1. The van der Waals surface area contributed by atoms with E-state index in [-0.39, 0.29) is 30.6 Å². The number of amides is 2. The summed E-state index contributed by atoms with van der Waals surface area (Å²) < 4.78 is 11.4. The van der Waals surface area contributed by atoms with Crippen LogP contribution in [-0.2, 0) is 19.1 Å². The molecule has 2 aliphatic rings. The summed E-state index contributed by atoms with van der Waals surface area (Å²) in [7, 11) is 1.73. The molecule has 0 radical (unpaired) electrons. The van der Waals surface area contributed by atoms with E-state index in [9.17, 15) is 9.59 Å². The minimum absolute atomic E-state index is 0.00386. The molecule has 4 atom stereocenters. The Morgan fingerprint density at radius 3 is 2.38 bits per heavy atom. The van der Waals surface area contributed by atoms with E-state index in [1.807, 2.05) is 44.2 Å². The van der Waals surface area contributed by atoms with Gasteiger partial charge in [-0.05, 0) is 19.4 Å². The molecule has 3 rings (SSSR count). The maximum atomic E-state index is 13.1. The van der Waals surface area contributed by atoms with Crippen LogP contribution < -0.4 is 0 Å². The molecule has 2 amide bonds. The topological polar surface area (TPSA) is 59.1 Å². The monoisotopic (exact) mass is 332 g/mol. The fourth-order valence-electron chi connectivity index (χ4n) is 3.50. The summed E-state index contributed by atoms with van der Waals surface area (Å²) >= 11 is 0. The fraction of sp³-hybridized carbons (Fsp3) is 0.556. The molecule has 2 saturated heterocycles. The van der Waals surface area contributed by atoms with Gasteiger partial charge in [-0.25, -0.2) is 0 Å². The van der Waals surface area contributed by atoms with Crippen LogP contribution in [0.3, 0.4) is 0 Å². The van der Waals surface area contributed by atoms with Gasteiger partial charge in [0.25, 0.3) is 5.91 Å². The number of hydrogen-bond donors (Lipinski definition) is 0. The van der Waals surface area contributed by atoms with Gasteiger partial charge in [-0.3, -0.25) is 9.59 Å². The number of rotatable bonds is 2. The average Bonchev–Trinajstić information content (AvgIpc) is 2.56. The minimum atomic E-state index is -0.687. The van der Waals surface area contributed by atoms with Crippen molar-refractivity contribution in [2.24, 2.45) is 0 Å². The van der Waals surface area contributed by atoms with Crippen molar-refractivity contribution in [1.29, 1.82) is 0 Å². The third-order valence-electron chi connectivity index (χ3n) is 4.60. The Labute approximate surface area is 142 Å². The number of nitrogens with zero attached hydrogens (tertiary/aromatic N) is 2. The van der Waals surface area contributed by atoms with Gasteiger partial charge in [0.15, 0.2) is 6.10 Å². The lowest BCUT2D eigenvalue weighted by Crippen LogP contribution is -2.57. The smallest absolute Gasteiger partial charge is 0.254 e. The van der Waals surface area contributed by atoms with Gasteiger partial charge in [-0.15, -0.1) is 0 Å². The first kappa shape index (κ1) is 16.9. The Hall–Kier alpha value is -1.92. The summed E-state index contributed by atoms with van der Waals surface area (Å²) in [5.41, 5.74) is 0.903. The first-order valence-electron chi connectivity index (χ1n) is 8.34. The van der Waals surface area contributed by atoms with E-state index in [0.29, 0.717) is 13.1 Å². The molecule has 0 spiro atoms. The molecule has 6 nitrogen and oxygen atoms in total. The molecule has 0 unspecified atom stereocenters. The SMILES string of the molecule is C[C@@H]1CN(C(=O)[C@@H]2OCC(=O)N(C)[C@@H]2c2ccccc2)C[C@@H](C)O1. The summed E-state index contributed by atoms with van der Waals surface area (Å²) in [6.07, 6.45) is -0.695. The van der Waals surface area contributed by atoms with E-state index in [0.717, 1.165) is 5.56 Å². The van der Waals surface area contributed by atoms with Crippen LogP contribution in [0, 0.1) is 0 Å². The van der Waals surface area contributed by atoms with Crippen LogP contribution in [0.4, 0.5) is 0 Å².